The first-order valence-corrected chi connectivity index (χ1v) is 8.31. The summed E-state index contributed by atoms with van der Waals surface area (Å²) < 4.78 is 11.0. The van der Waals surface area contributed by atoms with Crippen molar-refractivity contribution < 1.29 is 14.3 Å². The molecule has 0 saturated carbocycles. The molecule has 1 amide bonds. The maximum atomic E-state index is 12.2. The van der Waals surface area contributed by atoms with E-state index in [9.17, 15) is 4.79 Å². The molecule has 1 atom stereocenters. The molecular formula is C17H22ClNO3. The molecule has 2 fully saturated rings. The fraction of sp³-hybridized carbons (Fsp3) is 0.588. The molecule has 0 radical (unpaired) electrons. The van der Waals surface area contributed by atoms with E-state index in [2.05, 4.69) is 17.4 Å². The van der Waals surface area contributed by atoms with E-state index in [0.717, 1.165) is 43.9 Å². The van der Waals surface area contributed by atoms with Crippen LogP contribution in [0.15, 0.2) is 24.3 Å². The molecule has 2 aliphatic heterocycles. The normalized spacial score (nSPS) is 24.1. The summed E-state index contributed by atoms with van der Waals surface area (Å²) in [7, 11) is 0. The number of nitrogens with one attached hydrogen (secondary N) is 1. The van der Waals surface area contributed by atoms with Gasteiger partial charge in [0.1, 0.15) is 6.10 Å². The van der Waals surface area contributed by atoms with Crippen molar-refractivity contribution in [2.24, 2.45) is 0 Å². The van der Waals surface area contributed by atoms with Crippen molar-refractivity contribution >= 4 is 17.5 Å². The SMILES string of the molecule is O=C(NCC1(c2ccc(Cl)cc2)CCOCC1)C1CCCO1. The maximum Gasteiger partial charge on any atom is 0.249 e. The standard InChI is InChI=1S/C17H22ClNO3/c18-14-5-3-13(4-6-14)17(7-10-21-11-8-17)12-19-16(20)15-2-1-9-22-15/h3-6,15H,1-2,7-12H2,(H,19,20). The Kier molecular flexibility index (Phi) is 5.01. The van der Waals surface area contributed by atoms with Crippen LogP contribution in [0.5, 0.6) is 0 Å². The molecule has 1 aromatic rings. The first-order valence-electron chi connectivity index (χ1n) is 7.93. The average Bonchev–Trinajstić information content (AvgIpc) is 3.09. The summed E-state index contributed by atoms with van der Waals surface area (Å²) in [5.74, 6) is 0.0114. The van der Waals surface area contributed by atoms with Crippen LogP contribution in [0.25, 0.3) is 0 Å². The lowest BCUT2D eigenvalue weighted by Gasteiger charge is -2.38. The number of carbonyl (C=O) groups excluding carboxylic acids is 1. The lowest BCUT2D eigenvalue weighted by Crippen LogP contribution is -2.47. The molecule has 1 unspecified atom stereocenters. The highest BCUT2D eigenvalue weighted by Crippen LogP contribution is 2.35. The minimum Gasteiger partial charge on any atom is -0.381 e. The second kappa shape index (κ2) is 6.99. The fourth-order valence-electron chi connectivity index (χ4n) is 3.29. The first-order chi connectivity index (χ1) is 10.7. The topological polar surface area (TPSA) is 47.6 Å². The van der Waals surface area contributed by atoms with Crippen LogP contribution in [0.4, 0.5) is 0 Å². The summed E-state index contributed by atoms with van der Waals surface area (Å²) in [5, 5.41) is 3.83. The zero-order valence-electron chi connectivity index (χ0n) is 12.6. The zero-order chi connectivity index (χ0) is 15.4. The number of halogens is 1. The Bertz CT molecular complexity index is 505. The van der Waals surface area contributed by atoms with Gasteiger partial charge in [-0.25, -0.2) is 0 Å². The molecule has 0 aliphatic carbocycles. The van der Waals surface area contributed by atoms with Gasteiger partial charge in [-0.1, -0.05) is 23.7 Å². The van der Waals surface area contributed by atoms with Gasteiger partial charge in [0.2, 0.25) is 5.91 Å². The summed E-state index contributed by atoms with van der Waals surface area (Å²) in [6, 6.07) is 7.95. The maximum absolute atomic E-state index is 12.2. The highest BCUT2D eigenvalue weighted by Gasteiger charge is 2.35. The zero-order valence-corrected chi connectivity index (χ0v) is 13.4. The van der Waals surface area contributed by atoms with Gasteiger partial charge < -0.3 is 14.8 Å². The number of amides is 1. The second-order valence-electron chi connectivity index (χ2n) is 6.12. The summed E-state index contributed by atoms with van der Waals surface area (Å²) in [4.78, 5) is 12.2. The smallest absolute Gasteiger partial charge is 0.249 e. The molecule has 1 N–H and O–H groups in total. The Labute approximate surface area is 136 Å². The molecule has 2 aliphatic rings. The average molecular weight is 324 g/mol. The van der Waals surface area contributed by atoms with Gasteiger partial charge in [0.05, 0.1) is 0 Å². The van der Waals surface area contributed by atoms with Gasteiger partial charge in [0, 0.05) is 36.8 Å². The number of ether oxygens (including phenoxy) is 2. The highest BCUT2D eigenvalue weighted by molar-refractivity contribution is 6.30. The van der Waals surface area contributed by atoms with E-state index in [1.807, 2.05) is 12.1 Å². The van der Waals surface area contributed by atoms with Crippen molar-refractivity contribution in [2.75, 3.05) is 26.4 Å². The van der Waals surface area contributed by atoms with Crippen LogP contribution < -0.4 is 5.32 Å². The molecule has 0 aromatic heterocycles. The van der Waals surface area contributed by atoms with Crippen LogP contribution in [-0.2, 0) is 19.7 Å². The quantitative estimate of drug-likeness (QED) is 0.926. The number of carbonyl (C=O) groups is 1. The second-order valence-corrected chi connectivity index (χ2v) is 6.56. The van der Waals surface area contributed by atoms with Crippen LogP contribution in [0.2, 0.25) is 5.02 Å². The number of benzene rings is 1. The monoisotopic (exact) mass is 323 g/mol. The van der Waals surface area contributed by atoms with Crippen molar-refractivity contribution in [3.8, 4) is 0 Å². The minimum atomic E-state index is -0.276. The molecular weight excluding hydrogens is 302 g/mol. The summed E-state index contributed by atoms with van der Waals surface area (Å²) >= 11 is 6.00. The Morgan fingerprint density at radius 2 is 1.95 bits per heavy atom. The van der Waals surface area contributed by atoms with Gasteiger partial charge in [-0.15, -0.1) is 0 Å². The first kappa shape index (κ1) is 15.8. The van der Waals surface area contributed by atoms with E-state index in [1.165, 1.54) is 5.56 Å². The van der Waals surface area contributed by atoms with Crippen molar-refractivity contribution in [2.45, 2.75) is 37.2 Å². The third-order valence-corrected chi connectivity index (χ3v) is 4.98. The predicted molar refractivity (Wildman–Crippen MR) is 85.2 cm³/mol. The molecule has 2 saturated heterocycles. The molecule has 1 aromatic carbocycles. The Balaban J connectivity index is 1.71. The lowest BCUT2D eigenvalue weighted by molar-refractivity contribution is -0.130. The van der Waals surface area contributed by atoms with Gasteiger partial charge in [0.15, 0.2) is 0 Å². The highest BCUT2D eigenvalue weighted by atomic mass is 35.5. The number of rotatable bonds is 4. The molecule has 0 spiro atoms. The van der Waals surface area contributed by atoms with E-state index >= 15 is 0 Å². The van der Waals surface area contributed by atoms with Crippen LogP contribution in [0.1, 0.15) is 31.2 Å². The third-order valence-electron chi connectivity index (χ3n) is 4.73. The largest absolute Gasteiger partial charge is 0.381 e. The molecule has 120 valence electrons. The molecule has 22 heavy (non-hydrogen) atoms. The Morgan fingerprint density at radius 3 is 2.59 bits per heavy atom. The summed E-state index contributed by atoms with van der Waals surface area (Å²) in [6.45, 7) is 2.75. The van der Waals surface area contributed by atoms with E-state index in [1.54, 1.807) is 0 Å². The number of hydrogen-bond acceptors (Lipinski definition) is 3. The van der Waals surface area contributed by atoms with Gasteiger partial charge >= 0.3 is 0 Å². The lowest BCUT2D eigenvalue weighted by atomic mass is 9.74. The molecule has 5 heteroatoms. The molecule has 2 heterocycles. The Hall–Kier alpha value is -1.10. The minimum absolute atomic E-state index is 0.0114. The van der Waals surface area contributed by atoms with Gasteiger partial charge in [0.25, 0.3) is 0 Å². The molecule has 4 nitrogen and oxygen atoms in total. The van der Waals surface area contributed by atoms with Crippen LogP contribution >= 0.6 is 11.6 Å². The molecule has 0 bridgehead atoms. The summed E-state index contributed by atoms with van der Waals surface area (Å²) in [6.07, 6.45) is 3.32. The Morgan fingerprint density at radius 1 is 1.23 bits per heavy atom. The third kappa shape index (κ3) is 3.45. The van der Waals surface area contributed by atoms with Crippen LogP contribution in [0, 0.1) is 0 Å². The van der Waals surface area contributed by atoms with E-state index in [4.69, 9.17) is 21.1 Å². The molecule has 3 rings (SSSR count). The predicted octanol–water partition coefficient (Wildman–Crippen LogP) is 2.68. The summed E-state index contributed by atoms with van der Waals surface area (Å²) in [5.41, 5.74) is 1.14. The van der Waals surface area contributed by atoms with Gasteiger partial charge in [-0.05, 0) is 43.4 Å². The van der Waals surface area contributed by atoms with E-state index in [0.29, 0.717) is 13.2 Å². The van der Waals surface area contributed by atoms with Crippen molar-refractivity contribution in [3.63, 3.8) is 0 Å². The van der Waals surface area contributed by atoms with Crippen LogP contribution in [-0.4, -0.2) is 38.4 Å². The fourth-order valence-corrected chi connectivity index (χ4v) is 3.41. The van der Waals surface area contributed by atoms with Crippen LogP contribution in [0.3, 0.4) is 0 Å². The van der Waals surface area contributed by atoms with E-state index in [-0.39, 0.29) is 17.4 Å². The van der Waals surface area contributed by atoms with Gasteiger partial charge in [-0.3, -0.25) is 4.79 Å². The number of hydrogen-bond donors (Lipinski definition) is 1. The van der Waals surface area contributed by atoms with E-state index < -0.39 is 0 Å². The van der Waals surface area contributed by atoms with Crippen molar-refractivity contribution in [1.29, 1.82) is 0 Å². The van der Waals surface area contributed by atoms with Gasteiger partial charge in [-0.2, -0.15) is 0 Å². The van der Waals surface area contributed by atoms with Crippen molar-refractivity contribution in [3.05, 3.63) is 34.9 Å². The van der Waals surface area contributed by atoms with Crippen molar-refractivity contribution in [1.82, 2.24) is 5.32 Å².